The number of methoxy groups -OCH3 is 1. The molecule has 4 rings (SSSR count). The zero-order valence-corrected chi connectivity index (χ0v) is 16.1. The Bertz CT molecular complexity index is 787. The van der Waals surface area contributed by atoms with Gasteiger partial charge in [0.15, 0.2) is 0 Å². The van der Waals surface area contributed by atoms with Crippen molar-refractivity contribution in [1.82, 2.24) is 0 Å². The van der Waals surface area contributed by atoms with Crippen LogP contribution in [-0.4, -0.2) is 26.6 Å². The summed E-state index contributed by atoms with van der Waals surface area (Å²) in [5.41, 5.74) is 3.93. The Morgan fingerprint density at radius 3 is 2.73 bits per heavy atom. The van der Waals surface area contributed by atoms with Crippen molar-refractivity contribution in [1.29, 1.82) is 0 Å². The Morgan fingerprint density at radius 1 is 1.12 bits per heavy atom. The molecule has 2 aromatic rings. The van der Waals surface area contributed by atoms with Gasteiger partial charge in [0.2, 0.25) is 0 Å². The number of allylic oxidation sites excluding steroid dienone is 2. The number of nitrogens with one attached hydrogen (secondary N) is 1. The van der Waals surface area contributed by atoms with Gasteiger partial charge in [-0.15, -0.1) is 11.8 Å². The Hall–Kier alpha value is -1.91. The van der Waals surface area contributed by atoms with E-state index in [-0.39, 0.29) is 0 Å². The molecule has 0 amide bonds. The first kappa shape index (κ1) is 17.5. The molecule has 0 saturated carbocycles. The number of ether oxygens (including phenoxy) is 2. The lowest BCUT2D eigenvalue weighted by Gasteiger charge is -2.37. The summed E-state index contributed by atoms with van der Waals surface area (Å²) in [6.45, 7) is 1.19. The van der Waals surface area contributed by atoms with Crippen LogP contribution in [0.4, 0.5) is 5.69 Å². The average molecular weight is 368 g/mol. The second kappa shape index (κ2) is 7.77. The number of fused-ring (bicyclic) bond motifs is 3. The van der Waals surface area contributed by atoms with Crippen LogP contribution in [0, 0.1) is 5.92 Å². The van der Waals surface area contributed by atoms with Crippen LogP contribution in [0.25, 0.3) is 0 Å². The number of hydrogen-bond donors (Lipinski definition) is 1. The number of thioether (sulfide) groups is 1. The SMILES string of the molecule is COCCOc1ccc2c(c1)C1C=CCC1C(c1ccc(SC)cc1)N2. The maximum absolute atomic E-state index is 5.82. The van der Waals surface area contributed by atoms with E-state index in [0.29, 0.717) is 31.1 Å². The lowest BCUT2D eigenvalue weighted by molar-refractivity contribution is 0.146. The van der Waals surface area contributed by atoms with E-state index in [1.807, 2.05) is 6.07 Å². The Kier molecular flexibility index (Phi) is 5.23. The number of rotatable bonds is 6. The van der Waals surface area contributed by atoms with Crippen LogP contribution in [0.5, 0.6) is 5.75 Å². The minimum atomic E-state index is 0.346. The summed E-state index contributed by atoms with van der Waals surface area (Å²) in [6, 6.07) is 15.7. The van der Waals surface area contributed by atoms with Crippen LogP contribution in [0.1, 0.15) is 29.5 Å². The van der Waals surface area contributed by atoms with E-state index in [1.54, 1.807) is 18.9 Å². The molecular formula is C22H25NO2S. The minimum Gasteiger partial charge on any atom is -0.491 e. The van der Waals surface area contributed by atoms with Gasteiger partial charge in [-0.05, 0) is 60.1 Å². The summed E-state index contributed by atoms with van der Waals surface area (Å²) in [5, 5.41) is 3.79. The number of benzene rings is 2. The second-order valence-electron chi connectivity index (χ2n) is 6.84. The molecule has 3 unspecified atom stereocenters. The monoisotopic (exact) mass is 367 g/mol. The summed E-state index contributed by atoms with van der Waals surface area (Å²) in [7, 11) is 1.69. The number of hydrogen-bond acceptors (Lipinski definition) is 4. The van der Waals surface area contributed by atoms with Crippen molar-refractivity contribution in [2.75, 3.05) is 31.9 Å². The predicted octanol–water partition coefficient (Wildman–Crippen LogP) is 5.26. The normalized spacial score (nSPS) is 23.2. The molecule has 3 atom stereocenters. The average Bonchev–Trinajstić information content (AvgIpc) is 3.18. The molecular weight excluding hydrogens is 342 g/mol. The molecule has 2 aliphatic rings. The first-order valence-corrected chi connectivity index (χ1v) is 10.4. The molecule has 3 nitrogen and oxygen atoms in total. The van der Waals surface area contributed by atoms with Crippen molar-refractivity contribution in [2.45, 2.75) is 23.3 Å². The number of anilines is 1. The fourth-order valence-corrected chi connectivity index (χ4v) is 4.45. The molecule has 1 aliphatic carbocycles. The quantitative estimate of drug-likeness (QED) is 0.428. The highest BCUT2D eigenvalue weighted by Crippen LogP contribution is 2.50. The maximum Gasteiger partial charge on any atom is 0.119 e. The molecule has 1 heterocycles. The molecule has 26 heavy (non-hydrogen) atoms. The molecule has 136 valence electrons. The molecule has 0 fully saturated rings. The van der Waals surface area contributed by atoms with Gasteiger partial charge in [0.1, 0.15) is 12.4 Å². The van der Waals surface area contributed by atoms with Gasteiger partial charge < -0.3 is 14.8 Å². The van der Waals surface area contributed by atoms with Crippen LogP contribution in [0.3, 0.4) is 0 Å². The van der Waals surface area contributed by atoms with Gasteiger partial charge in [-0.3, -0.25) is 0 Å². The van der Waals surface area contributed by atoms with E-state index >= 15 is 0 Å². The van der Waals surface area contributed by atoms with Gasteiger partial charge in [-0.25, -0.2) is 0 Å². The van der Waals surface area contributed by atoms with Gasteiger partial charge in [-0.1, -0.05) is 24.3 Å². The van der Waals surface area contributed by atoms with Crippen molar-refractivity contribution >= 4 is 17.4 Å². The highest BCUT2D eigenvalue weighted by molar-refractivity contribution is 7.98. The third-order valence-corrected chi connectivity index (χ3v) is 6.11. The van der Waals surface area contributed by atoms with E-state index in [0.717, 1.165) is 12.2 Å². The third kappa shape index (κ3) is 3.36. The summed E-state index contributed by atoms with van der Waals surface area (Å²) in [5.74, 6) is 1.92. The van der Waals surface area contributed by atoms with Crippen LogP contribution in [0.2, 0.25) is 0 Å². The standard InChI is InChI=1S/C22H25NO2S/c1-24-12-13-25-16-8-11-21-20(14-16)18-4-3-5-19(18)22(23-21)15-6-9-17(26-2)10-7-15/h3-4,6-11,14,18-19,22-23H,5,12-13H2,1-2H3. The van der Waals surface area contributed by atoms with E-state index in [4.69, 9.17) is 9.47 Å². The Labute approximate surface area is 159 Å². The molecule has 0 aromatic heterocycles. The summed E-state index contributed by atoms with van der Waals surface area (Å²) >= 11 is 1.79. The van der Waals surface area contributed by atoms with Gasteiger partial charge in [0, 0.05) is 23.6 Å². The van der Waals surface area contributed by atoms with Crippen molar-refractivity contribution < 1.29 is 9.47 Å². The van der Waals surface area contributed by atoms with E-state index in [2.05, 4.69) is 60.1 Å². The lowest BCUT2D eigenvalue weighted by Crippen LogP contribution is -2.29. The topological polar surface area (TPSA) is 30.5 Å². The molecule has 2 aromatic carbocycles. The first-order valence-electron chi connectivity index (χ1n) is 9.13. The van der Waals surface area contributed by atoms with Crippen molar-refractivity contribution in [3.63, 3.8) is 0 Å². The van der Waals surface area contributed by atoms with Crippen LogP contribution in [-0.2, 0) is 4.74 Å². The van der Waals surface area contributed by atoms with Gasteiger partial charge >= 0.3 is 0 Å². The zero-order valence-electron chi connectivity index (χ0n) is 15.3. The first-order chi connectivity index (χ1) is 12.8. The van der Waals surface area contributed by atoms with E-state index in [1.165, 1.54) is 21.7 Å². The van der Waals surface area contributed by atoms with Crippen molar-refractivity contribution in [3.05, 3.63) is 65.7 Å². The molecule has 4 heteroatoms. The predicted molar refractivity (Wildman–Crippen MR) is 108 cm³/mol. The largest absolute Gasteiger partial charge is 0.491 e. The molecule has 0 spiro atoms. The van der Waals surface area contributed by atoms with Gasteiger partial charge in [0.25, 0.3) is 0 Å². The molecule has 0 bridgehead atoms. The van der Waals surface area contributed by atoms with Crippen LogP contribution in [0.15, 0.2) is 59.5 Å². The van der Waals surface area contributed by atoms with Crippen LogP contribution >= 0.6 is 11.8 Å². The summed E-state index contributed by atoms with van der Waals surface area (Å²) in [4.78, 5) is 1.31. The highest BCUT2D eigenvalue weighted by atomic mass is 32.2. The zero-order chi connectivity index (χ0) is 17.9. The summed E-state index contributed by atoms with van der Waals surface area (Å²) < 4.78 is 10.9. The lowest BCUT2D eigenvalue weighted by atomic mass is 9.77. The smallest absolute Gasteiger partial charge is 0.119 e. The third-order valence-electron chi connectivity index (χ3n) is 5.37. The molecule has 0 saturated heterocycles. The molecule has 1 aliphatic heterocycles. The van der Waals surface area contributed by atoms with Gasteiger partial charge in [-0.2, -0.15) is 0 Å². The van der Waals surface area contributed by atoms with Crippen molar-refractivity contribution in [2.24, 2.45) is 5.92 Å². The Balaban J connectivity index is 1.61. The van der Waals surface area contributed by atoms with E-state index in [9.17, 15) is 0 Å². The highest BCUT2D eigenvalue weighted by Gasteiger charge is 2.37. The fourth-order valence-electron chi connectivity index (χ4n) is 4.05. The van der Waals surface area contributed by atoms with Crippen molar-refractivity contribution in [3.8, 4) is 5.75 Å². The molecule has 1 N–H and O–H groups in total. The minimum absolute atomic E-state index is 0.346. The van der Waals surface area contributed by atoms with E-state index < -0.39 is 0 Å². The summed E-state index contributed by atoms with van der Waals surface area (Å²) in [6.07, 6.45) is 7.93. The molecule has 0 radical (unpaired) electrons. The van der Waals surface area contributed by atoms with Crippen LogP contribution < -0.4 is 10.1 Å². The Morgan fingerprint density at radius 2 is 1.96 bits per heavy atom. The fraction of sp³-hybridized carbons (Fsp3) is 0.364. The van der Waals surface area contributed by atoms with Gasteiger partial charge in [0.05, 0.1) is 12.6 Å². The maximum atomic E-state index is 5.82. The second-order valence-corrected chi connectivity index (χ2v) is 7.72.